The van der Waals surface area contributed by atoms with Gasteiger partial charge in [0.05, 0.1) is 5.56 Å². The Morgan fingerprint density at radius 3 is 2.88 bits per heavy atom. The summed E-state index contributed by atoms with van der Waals surface area (Å²) in [6, 6.07) is 6.21. The summed E-state index contributed by atoms with van der Waals surface area (Å²) in [4.78, 5) is 10.6. The highest BCUT2D eigenvalue weighted by atomic mass is 19.1. The van der Waals surface area contributed by atoms with Gasteiger partial charge in [-0.25, -0.2) is 4.39 Å². The number of rotatable bonds is 5. The van der Waals surface area contributed by atoms with Crippen LogP contribution in [0.4, 0.5) is 4.39 Å². The number of halogens is 1. The van der Waals surface area contributed by atoms with E-state index in [9.17, 15) is 9.18 Å². The predicted octanol–water partition coefficient (Wildman–Crippen LogP) is 0.923. The molecule has 90 valence electrons. The molecule has 0 aliphatic rings. The highest BCUT2D eigenvalue weighted by Crippen LogP contribution is 2.08. The Hall–Kier alpha value is -1.93. The van der Waals surface area contributed by atoms with E-state index in [-0.39, 0.29) is 11.5 Å². The molecule has 0 bridgehead atoms. The minimum absolute atomic E-state index is 0.0474. The number of carbonyl (C=O) groups excluding carboxylic acids is 1. The first-order chi connectivity index (χ1) is 8.13. The molecule has 2 N–H and O–H groups in total. The van der Waals surface area contributed by atoms with Gasteiger partial charge in [0.15, 0.2) is 0 Å². The molecule has 0 atom stereocenters. The molecule has 0 aliphatic heterocycles. The molecule has 0 unspecified atom stereocenters. The summed E-state index contributed by atoms with van der Waals surface area (Å²) < 4.78 is 13.0. The maximum atomic E-state index is 13.0. The van der Waals surface area contributed by atoms with E-state index in [1.807, 2.05) is 0 Å². The summed E-state index contributed by atoms with van der Waals surface area (Å²) in [5.74, 6) is -0.574. The molecule has 1 aromatic rings. The van der Waals surface area contributed by atoms with E-state index >= 15 is 0 Å². The Kier molecular flexibility index (Phi) is 5.11. The lowest BCUT2D eigenvalue weighted by Crippen LogP contribution is -2.29. The molecular formula is C12H14FN3O. The highest BCUT2D eigenvalue weighted by molar-refractivity contribution is 5.72. The predicted molar refractivity (Wildman–Crippen MR) is 61.5 cm³/mol. The Balaban J connectivity index is 2.37. The molecule has 1 amide bonds. The molecule has 4 nitrogen and oxygen atoms in total. The number of nitrogens with zero attached hydrogens (tertiary/aromatic N) is 1. The molecule has 1 rings (SSSR count). The molecule has 0 spiro atoms. The van der Waals surface area contributed by atoms with Crippen molar-refractivity contribution in [1.82, 2.24) is 10.6 Å². The van der Waals surface area contributed by atoms with E-state index in [0.29, 0.717) is 19.6 Å². The van der Waals surface area contributed by atoms with Crippen molar-refractivity contribution in [1.29, 1.82) is 5.26 Å². The van der Waals surface area contributed by atoms with Gasteiger partial charge in [0, 0.05) is 26.6 Å². The van der Waals surface area contributed by atoms with Gasteiger partial charge in [-0.2, -0.15) is 5.26 Å². The lowest BCUT2D eigenvalue weighted by atomic mass is 10.1. The Morgan fingerprint density at radius 1 is 1.47 bits per heavy atom. The van der Waals surface area contributed by atoms with Crippen LogP contribution in [-0.4, -0.2) is 19.0 Å². The number of hydrogen-bond acceptors (Lipinski definition) is 3. The fourth-order valence-corrected chi connectivity index (χ4v) is 1.33. The van der Waals surface area contributed by atoms with Crippen LogP contribution in [0.5, 0.6) is 0 Å². The van der Waals surface area contributed by atoms with Gasteiger partial charge in [-0.05, 0) is 17.7 Å². The second-order valence-electron chi connectivity index (χ2n) is 3.59. The van der Waals surface area contributed by atoms with Gasteiger partial charge >= 0.3 is 0 Å². The number of hydrogen-bond donors (Lipinski definition) is 2. The average Bonchev–Trinajstić information content (AvgIpc) is 2.30. The van der Waals surface area contributed by atoms with Crippen molar-refractivity contribution in [2.75, 3.05) is 13.1 Å². The molecule has 17 heavy (non-hydrogen) atoms. The average molecular weight is 235 g/mol. The van der Waals surface area contributed by atoms with Crippen LogP contribution in [0, 0.1) is 17.1 Å². The highest BCUT2D eigenvalue weighted by Gasteiger charge is 2.02. The van der Waals surface area contributed by atoms with Crippen LogP contribution < -0.4 is 10.6 Å². The monoisotopic (exact) mass is 235 g/mol. The zero-order chi connectivity index (χ0) is 12.7. The molecule has 5 heteroatoms. The van der Waals surface area contributed by atoms with Crippen molar-refractivity contribution in [3.05, 3.63) is 35.1 Å². The summed E-state index contributed by atoms with van der Waals surface area (Å²) in [6.07, 6.45) is 0. The van der Waals surface area contributed by atoms with Crippen molar-refractivity contribution in [3.8, 4) is 6.07 Å². The van der Waals surface area contributed by atoms with Crippen LogP contribution in [-0.2, 0) is 11.3 Å². The minimum atomic E-state index is -0.505. The van der Waals surface area contributed by atoms with Gasteiger partial charge in [-0.1, -0.05) is 6.07 Å². The fraction of sp³-hybridized carbons (Fsp3) is 0.333. The van der Waals surface area contributed by atoms with Crippen molar-refractivity contribution in [2.45, 2.75) is 13.5 Å². The number of nitrogens with one attached hydrogen (secondary N) is 2. The Labute approximate surface area is 99.4 Å². The largest absolute Gasteiger partial charge is 0.355 e. The number of nitriles is 1. The fourth-order valence-electron chi connectivity index (χ4n) is 1.33. The Bertz CT molecular complexity index is 440. The standard InChI is InChI=1S/C12H14FN3O/c1-9(17)16-5-4-15-8-10-2-3-12(13)11(6-10)7-14/h2-3,6,15H,4-5,8H2,1H3,(H,16,17). The van der Waals surface area contributed by atoms with Gasteiger partial charge < -0.3 is 10.6 Å². The first-order valence-electron chi connectivity index (χ1n) is 5.27. The van der Waals surface area contributed by atoms with Gasteiger partial charge in [-0.15, -0.1) is 0 Å². The number of carbonyl (C=O) groups is 1. The van der Waals surface area contributed by atoms with Gasteiger partial charge in [0.2, 0.25) is 5.91 Å². The van der Waals surface area contributed by atoms with E-state index in [0.717, 1.165) is 5.56 Å². The van der Waals surface area contributed by atoms with E-state index in [1.54, 1.807) is 12.1 Å². The lowest BCUT2D eigenvalue weighted by Gasteiger charge is -2.06. The zero-order valence-electron chi connectivity index (χ0n) is 9.59. The minimum Gasteiger partial charge on any atom is -0.355 e. The van der Waals surface area contributed by atoms with E-state index in [4.69, 9.17) is 5.26 Å². The molecule has 0 fully saturated rings. The lowest BCUT2D eigenvalue weighted by molar-refractivity contribution is -0.118. The maximum absolute atomic E-state index is 13.0. The van der Waals surface area contributed by atoms with Crippen LogP contribution in [0.3, 0.4) is 0 Å². The van der Waals surface area contributed by atoms with Crippen LogP contribution in [0.2, 0.25) is 0 Å². The number of amides is 1. The van der Waals surface area contributed by atoms with Gasteiger partial charge in [0.1, 0.15) is 11.9 Å². The SMILES string of the molecule is CC(=O)NCCNCc1ccc(F)c(C#N)c1. The second kappa shape index (κ2) is 6.61. The molecule has 0 radical (unpaired) electrons. The summed E-state index contributed by atoms with van der Waals surface area (Å²) in [6.45, 7) is 3.16. The summed E-state index contributed by atoms with van der Waals surface area (Å²) >= 11 is 0. The van der Waals surface area contributed by atoms with E-state index in [1.165, 1.54) is 19.1 Å². The second-order valence-corrected chi connectivity index (χ2v) is 3.59. The van der Waals surface area contributed by atoms with Crippen LogP contribution in [0.15, 0.2) is 18.2 Å². The van der Waals surface area contributed by atoms with Gasteiger partial charge in [-0.3, -0.25) is 4.79 Å². The van der Waals surface area contributed by atoms with Gasteiger partial charge in [0.25, 0.3) is 0 Å². The molecule has 1 aromatic carbocycles. The summed E-state index contributed by atoms with van der Waals surface area (Å²) in [5, 5.41) is 14.4. The maximum Gasteiger partial charge on any atom is 0.216 e. The van der Waals surface area contributed by atoms with Crippen LogP contribution in [0.1, 0.15) is 18.1 Å². The molecule has 0 saturated carbocycles. The zero-order valence-corrected chi connectivity index (χ0v) is 9.59. The molecule has 0 heterocycles. The van der Waals surface area contributed by atoms with Crippen molar-refractivity contribution < 1.29 is 9.18 Å². The van der Waals surface area contributed by atoms with Crippen molar-refractivity contribution >= 4 is 5.91 Å². The third-order valence-corrected chi connectivity index (χ3v) is 2.16. The molecule has 0 aliphatic carbocycles. The molecular weight excluding hydrogens is 221 g/mol. The topological polar surface area (TPSA) is 64.9 Å². The quantitative estimate of drug-likeness (QED) is 0.746. The van der Waals surface area contributed by atoms with E-state index in [2.05, 4.69) is 10.6 Å². The van der Waals surface area contributed by atoms with Crippen molar-refractivity contribution in [2.24, 2.45) is 0 Å². The number of benzene rings is 1. The normalized spacial score (nSPS) is 9.71. The third-order valence-electron chi connectivity index (χ3n) is 2.16. The Morgan fingerprint density at radius 2 is 2.24 bits per heavy atom. The van der Waals surface area contributed by atoms with Crippen LogP contribution in [0.25, 0.3) is 0 Å². The van der Waals surface area contributed by atoms with E-state index < -0.39 is 5.82 Å². The smallest absolute Gasteiger partial charge is 0.216 e. The third kappa shape index (κ3) is 4.62. The first kappa shape index (κ1) is 13.1. The molecule has 0 saturated heterocycles. The summed E-state index contributed by atoms with van der Waals surface area (Å²) in [7, 11) is 0. The van der Waals surface area contributed by atoms with Crippen LogP contribution >= 0.6 is 0 Å². The molecule has 0 aromatic heterocycles. The first-order valence-corrected chi connectivity index (χ1v) is 5.27. The summed E-state index contributed by atoms with van der Waals surface area (Å²) in [5.41, 5.74) is 0.886. The van der Waals surface area contributed by atoms with Crippen molar-refractivity contribution in [3.63, 3.8) is 0 Å².